The number of nitrogens with one attached hydrogen (secondary N) is 1. The van der Waals surface area contributed by atoms with Gasteiger partial charge in [0.15, 0.2) is 0 Å². The van der Waals surface area contributed by atoms with Crippen LogP contribution in [0, 0.1) is 0 Å². The number of benzene rings is 2. The van der Waals surface area contributed by atoms with Gasteiger partial charge in [-0.05, 0) is 41.7 Å². The van der Waals surface area contributed by atoms with Gasteiger partial charge in [-0.1, -0.05) is 50.2 Å². The lowest BCUT2D eigenvalue weighted by molar-refractivity contribution is 0.520. The van der Waals surface area contributed by atoms with E-state index in [0.29, 0.717) is 10.8 Å². The van der Waals surface area contributed by atoms with E-state index in [1.165, 1.54) is 29.5 Å². The lowest BCUT2D eigenvalue weighted by atomic mass is 10.0. The molecule has 2 aromatic carbocycles. The Balaban J connectivity index is 2.00. The first-order valence-corrected chi connectivity index (χ1v) is 10.0. The van der Waals surface area contributed by atoms with Crippen molar-refractivity contribution in [3.05, 3.63) is 65.2 Å². The van der Waals surface area contributed by atoms with E-state index in [-0.39, 0.29) is 6.04 Å². The third kappa shape index (κ3) is 4.91. The van der Waals surface area contributed by atoms with Crippen molar-refractivity contribution < 1.29 is 8.42 Å². The SMILES string of the molecule is CC(C)c1ccc(CN[C@@H](C)c2ccc(S(=O)(=O)N(C)C)cc2)cc1. The van der Waals surface area contributed by atoms with E-state index in [1.807, 2.05) is 12.1 Å². The third-order valence-electron chi connectivity index (χ3n) is 4.42. The topological polar surface area (TPSA) is 49.4 Å². The fourth-order valence-electron chi connectivity index (χ4n) is 2.55. The van der Waals surface area contributed by atoms with Crippen molar-refractivity contribution in [2.45, 2.75) is 44.2 Å². The summed E-state index contributed by atoms with van der Waals surface area (Å²) >= 11 is 0. The molecule has 0 bridgehead atoms. The van der Waals surface area contributed by atoms with E-state index in [9.17, 15) is 8.42 Å². The minimum atomic E-state index is -3.37. The van der Waals surface area contributed by atoms with Gasteiger partial charge in [0.05, 0.1) is 4.90 Å². The smallest absolute Gasteiger partial charge is 0.242 e. The molecular formula is C20H28N2O2S. The Hall–Kier alpha value is -1.69. The second-order valence-electron chi connectivity index (χ2n) is 6.86. The van der Waals surface area contributed by atoms with Crippen LogP contribution in [-0.2, 0) is 16.6 Å². The molecule has 0 saturated carbocycles. The maximum absolute atomic E-state index is 12.1. The molecular weight excluding hydrogens is 332 g/mol. The Bertz CT molecular complexity index is 779. The van der Waals surface area contributed by atoms with Gasteiger partial charge in [-0.15, -0.1) is 0 Å². The first-order valence-electron chi connectivity index (χ1n) is 8.56. The van der Waals surface area contributed by atoms with Gasteiger partial charge in [-0.3, -0.25) is 0 Å². The van der Waals surface area contributed by atoms with Crippen LogP contribution >= 0.6 is 0 Å². The van der Waals surface area contributed by atoms with Crippen LogP contribution in [-0.4, -0.2) is 26.8 Å². The van der Waals surface area contributed by atoms with Crippen LogP contribution in [0.5, 0.6) is 0 Å². The molecule has 0 aromatic heterocycles. The molecule has 0 spiro atoms. The number of rotatable bonds is 7. The van der Waals surface area contributed by atoms with Gasteiger partial charge in [0.1, 0.15) is 0 Å². The molecule has 0 saturated heterocycles. The van der Waals surface area contributed by atoms with Crippen LogP contribution < -0.4 is 5.32 Å². The summed E-state index contributed by atoms with van der Waals surface area (Å²) in [5.74, 6) is 0.540. The molecule has 0 heterocycles. The molecule has 1 atom stereocenters. The molecule has 136 valence electrons. The minimum Gasteiger partial charge on any atom is -0.306 e. The van der Waals surface area contributed by atoms with Gasteiger partial charge in [-0.25, -0.2) is 12.7 Å². The fraction of sp³-hybridized carbons (Fsp3) is 0.400. The van der Waals surface area contributed by atoms with Gasteiger partial charge in [0.25, 0.3) is 0 Å². The molecule has 4 nitrogen and oxygen atoms in total. The molecule has 0 aliphatic heterocycles. The van der Waals surface area contributed by atoms with Crippen LogP contribution in [0.3, 0.4) is 0 Å². The van der Waals surface area contributed by atoms with Crippen LogP contribution in [0.25, 0.3) is 0 Å². The highest BCUT2D eigenvalue weighted by atomic mass is 32.2. The zero-order valence-electron chi connectivity index (χ0n) is 15.7. The molecule has 0 unspecified atom stereocenters. The average molecular weight is 361 g/mol. The molecule has 0 aliphatic carbocycles. The Kier molecular flexibility index (Phi) is 6.38. The molecule has 25 heavy (non-hydrogen) atoms. The van der Waals surface area contributed by atoms with Crippen molar-refractivity contribution in [3.63, 3.8) is 0 Å². The van der Waals surface area contributed by atoms with E-state index in [2.05, 4.69) is 50.4 Å². The molecule has 2 aromatic rings. The second kappa shape index (κ2) is 8.13. The molecule has 2 rings (SSSR count). The standard InChI is InChI=1S/C20H28N2O2S/c1-15(2)18-8-6-17(7-9-18)14-21-16(3)19-10-12-20(13-11-19)25(23,24)22(4)5/h6-13,15-16,21H,14H2,1-5H3/t16-/m0/s1. The Morgan fingerprint density at radius 3 is 1.88 bits per heavy atom. The van der Waals surface area contributed by atoms with Crippen LogP contribution in [0.2, 0.25) is 0 Å². The summed E-state index contributed by atoms with van der Waals surface area (Å²) in [6.07, 6.45) is 0. The maximum Gasteiger partial charge on any atom is 0.242 e. The summed E-state index contributed by atoms with van der Waals surface area (Å²) in [7, 11) is -0.294. The van der Waals surface area contributed by atoms with E-state index >= 15 is 0 Å². The van der Waals surface area contributed by atoms with Crippen LogP contribution in [0.15, 0.2) is 53.4 Å². The third-order valence-corrected chi connectivity index (χ3v) is 6.25. The summed E-state index contributed by atoms with van der Waals surface area (Å²) in [4.78, 5) is 0.317. The summed E-state index contributed by atoms with van der Waals surface area (Å²) in [5, 5.41) is 3.48. The van der Waals surface area contributed by atoms with E-state index in [4.69, 9.17) is 0 Å². The van der Waals surface area contributed by atoms with E-state index in [0.717, 1.165) is 12.1 Å². The van der Waals surface area contributed by atoms with Crippen molar-refractivity contribution >= 4 is 10.0 Å². The number of hydrogen-bond acceptors (Lipinski definition) is 3. The van der Waals surface area contributed by atoms with Gasteiger partial charge in [0, 0.05) is 26.7 Å². The van der Waals surface area contributed by atoms with Crippen molar-refractivity contribution in [1.82, 2.24) is 9.62 Å². The number of sulfonamides is 1. The molecule has 0 amide bonds. The monoisotopic (exact) mass is 360 g/mol. The first kappa shape index (κ1) is 19.6. The van der Waals surface area contributed by atoms with Gasteiger partial charge in [-0.2, -0.15) is 0 Å². The highest BCUT2D eigenvalue weighted by Crippen LogP contribution is 2.19. The maximum atomic E-state index is 12.1. The lowest BCUT2D eigenvalue weighted by Gasteiger charge is -2.16. The van der Waals surface area contributed by atoms with Crippen molar-refractivity contribution in [3.8, 4) is 0 Å². The van der Waals surface area contributed by atoms with Crippen molar-refractivity contribution in [2.24, 2.45) is 0 Å². The summed E-state index contributed by atoms with van der Waals surface area (Å²) < 4.78 is 25.4. The average Bonchev–Trinajstić information content (AvgIpc) is 2.60. The second-order valence-corrected chi connectivity index (χ2v) is 9.01. The zero-order valence-corrected chi connectivity index (χ0v) is 16.5. The molecule has 5 heteroatoms. The predicted octanol–water partition coefficient (Wildman–Crippen LogP) is 3.91. The van der Waals surface area contributed by atoms with Crippen molar-refractivity contribution in [1.29, 1.82) is 0 Å². The fourth-order valence-corrected chi connectivity index (χ4v) is 3.45. The quantitative estimate of drug-likeness (QED) is 0.814. The molecule has 0 aliphatic rings. The van der Waals surface area contributed by atoms with Crippen LogP contribution in [0.1, 0.15) is 49.4 Å². The van der Waals surface area contributed by atoms with Crippen LogP contribution in [0.4, 0.5) is 0 Å². The summed E-state index contributed by atoms with van der Waals surface area (Å²) in [6.45, 7) is 7.24. The van der Waals surface area contributed by atoms with E-state index < -0.39 is 10.0 Å². The normalized spacial score (nSPS) is 13.4. The minimum absolute atomic E-state index is 0.140. The van der Waals surface area contributed by atoms with Gasteiger partial charge >= 0.3 is 0 Å². The van der Waals surface area contributed by atoms with Gasteiger partial charge in [0.2, 0.25) is 10.0 Å². The Labute approximate surface area is 151 Å². The number of nitrogens with zero attached hydrogens (tertiary/aromatic N) is 1. The highest BCUT2D eigenvalue weighted by Gasteiger charge is 2.17. The highest BCUT2D eigenvalue weighted by molar-refractivity contribution is 7.89. The molecule has 0 fully saturated rings. The zero-order chi connectivity index (χ0) is 18.6. The van der Waals surface area contributed by atoms with Crippen molar-refractivity contribution in [2.75, 3.05) is 14.1 Å². The molecule has 0 radical (unpaired) electrons. The largest absolute Gasteiger partial charge is 0.306 e. The number of hydrogen-bond donors (Lipinski definition) is 1. The van der Waals surface area contributed by atoms with E-state index in [1.54, 1.807) is 12.1 Å². The molecule has 1 N–H and O–H groups in total. The Morgan fingerprint density at radius 1 is 0.880 bits per heavy atom. The van der Waals surface area contributed by atoms with Gasteiger partial charge < -0.3 is 5.32 Å². The first-order chi connectivity index (χ1) is 11.7. The Morgan fingerprint density at radius 2 is 1.40 bits per heavy atom. The predicted molar refractivity (Wildman–Crippen MR) is 103 cm³/mol. The lowest BCUT2D eigenvalue weighted by Crippen LogP contribution is -2.22. The summed E-state index contributed by atoms with van der Waals surface area (Å²) in [6, 6.07) is 15.9. The summed E-state index contributed by atoms with van der Waals surface area (Å²) in [5.41, 5.74) is 3.65.